The number of pyridine rings is 1. The van der Waals surface area contributed by atoms with Crippen LogP contribution < -0.4 is 4.74 Å². The largest absolute Gasteiger partial charge is 0.487 e. The molecule has 3 heteroatoms. The summed E-state index contributed by atoms with van der Waals surface area (Å²) < 4.78 is 9.66. The summed E-state index contributed by atoms with van der Waals surface area (Å²) in [7, 11) is 0. The topological polar surface area (TPSA) is 13.6 Å². The van der Waals surface area contributed by atoms with Gasteiger partial charge in [0.2, 0.25) is 0 Å². The van der Waals surface area contributed by atoms with E-state index in [0.717, 1.165) is 11.3 Å². The predicted molar refractivity (Wildman–Crippen MR) is 109 cm³/mol. The van der Waals surface area contributed by atoms with Crippen molar-refractivity contribution in [2.24, 2.45) is 0 Å². The molecule has 0 radical (unpaired) electrons. The number of thiophene rings is 1. The van der Waals surface area contributed by atoms with Gasteiger partial charge in [-0.2, -0.15) is 0 Å². The molecular weight excluding hydrogens is 338 g/mol. The van der Waals surface area contributed by atoms with Crippen LogP contribution in [0, 0.1) is 0 Å². The number of benzene rings is 2. The van der Waals surface area contributed by atoms with E-state index in [-0.39, 0.29) is 0 Å². The number of nitrogens with zero attached hydrogens (tertiary/aromatic N) is 1. The fraction of sp³-hybridized carbons (Fsp3) is 0.0435. The Morgan fingerprint density at radius 1 is 0.846 bits per heavy atom. The van der Waals surface area contributed by atoms with Crippen molar-refractivity contribution in [3.63, 3.8) is 0 Å². The molecular formula is C23H17NOS. The standard InChI is InChI=1S/C23H17NOS/c1-3-8-17(9-4-1)15-25-21-12-7-13-24-20(21)14-22-23(24)19(16-26-22)18-10-5-2-6-11-18/h1-14,16H,15H2. The fourth-order valence-corrected chi connectivity index (χ4v) is 4.35. The van der Waals surface area contributed by atoms with Crippen LogP contribution in [-0.2, 0) is 6.61 Å². The molecule has 5 rings (SSSR count). The van der Waals surface area contributed by atoms with Gasteiger partial charge in [-0.25, -0.2) is 0 Å². The molecule has 0 saturated heterocycles. The molecule has 0 spiro atoms. The molecule has 26 heavy (non-hydrogen) atoms. The number of rotatable bonds is 4. The van der Waals surface area contributed by atoms with Crippen LogP contribution in [0.5, 0.6) is 5.75 Å². The number of hydrogen-bond donors (Lipinski definition) is 0. The first kappa shape index (κ1) is 15.2. The van der Waals surface area contributed by atoms with Gasteiger partial charge < -0.3 is 9.14 Å². The van der Waals surface area contributed by atoms with Crippen molar-refractivity contribution in [2.75, 3.05) is 0 Å². The fourth-order valence-electron chi connectivity index (χ4n) is 3.36. The summed E-state index contributed by atoms with van der Waals surface area (Å²) in [6.45, 7) is 0.574. The Bertz CT molecular complexity index is 1170. The highest BCUT2D eigenvalue weighted by molar-refractivity contribution is 7.17. The molecule has 0 atom stereocenters. The molecule has 5 aromatic rings. The van der Waals surface area contributed by atoms with Crippen LogP contribution in [0.25, 0.3) is 26.9 Å². The first-order valence-corrected chi connectivity index (χ1v) is 9.51. The van der Waals surface area contributed by atoms with Gasteiger partial charge in [0.05, 0.1) is 15.7 Å². The molecule has 3 heterocycles. The zero-order valence-corrected chi connectivity index (χ0v) is 14.9. The number of ether oxygens (including phenoxy) is 1. The third-order valence-corrected chi connectivity index (χ3v) is 5.54. The summed E-state index contributed by atoms with van der Waals surface area (Å²) in [5, 5.41) is 2.24. The zero-order valence-electron chi connectivity index (χ0n) is 14.1. The maximum absolute atomic E-state index is 6.13. The Balaban J connectivity index is 1.59. The van der Waals surface area contributed by atoms with Crippen LogP contribution >= 0.6 is 11.3 Å². The van der Waals surface area contributed by atoms with Crippen LogP contribution in [0.15, 0.2) is 90.4 Å². The highest BCUT2D eigenvalue weighted by Crippen LogP contribution is 2.38. The molecule has 0 amide bonds. The number of aromatic nitrogens is 1. The predicted octanol–water partition coefficient (Wildman–Crippen LogP) is 6.40. The summed E-state index contributed by atoms with van der Waals surface area (Å²) in [5.74, 6) is 0.916. The normalized spacial score (nSPS) is 11.2. The minimum atomic E-state index is 0.574. The lowest BCUT2D eigenvalue weighted by Gasteiger charge is -2.09. The van der Waals surface area contributed by atoms with E-state index in [1.807, 2.05) is 24.3 Å². The van der Waals surface area contributed by atoms with Crippen molar-refractivity contribution in [3.8, 4) is 16.9 Å². The smallest absolute Gasteiger partial charge is 0.143 e. The van der Waals surface area contributed by atoms with E-state index in [0.29, 0.717) is 6.61 Å². The van der Waals surface area contributed by atoms with E-state index in [9.17, 15) is 0 Å². The summed E-state index contributed by atoms with van der Waals surface area (Å²) in [5.41, 5.74) is 6.05. The molecule has 0 fully saturated rings. The Labute approximate surface area is 155 Å². The summed E-state index contributed by atoms with van der Waals surface area (Å²) >= 11 is 1.78. The maximum Gasteiger partial charge on any atom is 0.143 e. The van der Waals surface area contributed by atoms with Crippen LogP contribution in [0.3, 0.4) is 0 Å². The van der Waals surface area contributed by atoms with Gasteiger partial charge in [0.25, 0.3) is 0 Å². The SMILES string of the molecule is c1ccc(COc2cccn3c2cc2scc(-c4ccccc4)c23)cc1. The molecule has 0 bridgehead atoms. The molecule has 0 N–H and O–H groups in total. The van der Waals surface area contributed by atoms with Crippen molar-refractivity contribution in [1.82, 2.24) is 4.40 Å². The summed E-state index contributed by atoms with van der Waals surface area (Å²) in [6.07, 6.45) is 2.12. The first-order valence-electron chi connectivity index (χ1n) is 8.63. The maximum atomic E-state index is 6.13. The minimum Gasteiger partial charge on any atom is -0.487 e. The molecule has 3 aromatic heterocycles. The van der Waals surface area contributed by atoms with Crippen LogP contribution in [-0.4, -0.2) is 4.40 Å². The van der Waals surface area contributed by atoms with Gasteiger partial charge in [-0.3, -0.25) is 0 Å². The lowest BCUT2D eigenvalue weighted by molar-refractivity contribution is 0.309. The van der Waals surface area contributed by atoms with E-state index < -0.39 is 0 Å². The van der Waals surface area contributed by atoms with Crippen molar-refractivity contribution >= 4 is 27.1 Å². The number of hydrogen-bond acceptors (Lipinski definition) is 2. The first-order chi connectivity index (χ1) is 12.9. The minimum absolute atomic E-state index is 0.574. The molecule has 2 aromatic carbocycles. The summed E-state index contributed by atoms with van der Waals surface area (Å²) in [6, 6.07) is 27.2. The molecule has 0 saturated carbocycles. The second kappa shape index (κ2) is 6.36. The molecule has 0 aliphatic rings. The monoisotopic (exact) mass is 355 g/mol. The van der Waals surface area contributed by atoms with Gasteiger partial charge in [0, 0.05) is 17.1 Å². The molecule has 126 valence electrons. The average Bonchev–Trinajstić information content (AvgIpc) is 3.27. The second-order valence-electron chi connectivity index (χ2n) is 6.27. The lowest BCUT2D eigenvalue weighted by Crippen LogP contribution is -1.97. The zero-order chi connectivity index (χ0) is 17.3. The van der Waals surface area contributed by atoms with E-state index in [1.165, 1.54) is 26.9 Å². The van der Waals surface area contributed by atoms with Crippen molar-refractivity contribution < 1.29 is 4.74 Å². The van der Waals surface area contributed by atoms with Crippen LogP contribution in [0.4, 0.5) is 0 Å². The van der Waals surface area contributed by atoms with Crippen molar-refractivity contribution in [2.45, 2.75) is 6.61 Å². The van der Waals surface area contributed by atoms with Gasteiger partial charge >= 0.3 is 0 Å². The Kier molecular flexibility index (Phi) is 3.72. The highest BCUT2D eigenvalue weighted by atomic mass is 32.1. The van der Waals surface area contributed by atoms with E-state index in [4.69, 9.17) is 4.74 Å². The molecule has 2 nitrogen and oxygen atoms in total. The Morgan fingerprint density at radius 3 is 2.42 bits per heavy atom. The van der Waals surface area contributed by atoms with Gasteiger partial charge in [-0.05, 0) is 29.3 Å². The highest BCUT2D eigenvalue weighted by Gasteiger charge is 2.14. The molecule has 0 aliphatic heterocycles. The van der Waals surface area contributed by atoms with Crippen LogP contribution in [0.1, 0.15) is 5.56 Å². The third kappa shape index (κ3) is 2.57. The molecule has 0 unspecified atom stereocenters. The van der Waals surface area contributed by atoms with Crippen molar-refractivity contribution in [3.05, 3.63) is 96.0 Å². The second-order valence-corrected chi connectivity index (χ2v) is 7.19. The number of fused-ring (bicyclic) bond motifs is 3. The van der Waals surface area contributed by atoms with E-state index in [1.54, 1.807) is 11.3 Å². The van der Waals surface area contributed by atoms with Crippen molar-refractivity contribution in [1.29, 1.82) is 0 Å². The van der Waals surface area contributed by atoms with Gasteiger partial charge in [-0.1, -0.05) is 60.7 Å². The van der Waals surface area contributed by atoms with E-state index >= 15 is 0 Å². The van der Waals surface area contributed by atoms with Gasteiger partial charge in [0.1, 0.15) is 12.4 Å². The summed E-state index contributed by atoms with van der Waals surface area (Å²) in [4.78, 5) is 0. The third-order valence-electron chi connectivity index (χ3n) is 4.62. The van der Waals surface area contributed by atoms with Gasteiger partial charge in [0.15, 0.2) is 0 Å². The quantitative estimate of drug-likeness (QED) is 0.364. The Morgan fingerprint density at radius 2 is 1.62 bits per heavy atom. The van der Waals surface area contributed by atoms with Crippen LogP contribution in [0.2, 0.25) is 0 Å². The molecule has 0 aliphatic carbocycles. The Hall–Kier alpha value is -3.04. The van der Waals surface area contributed by atoms with E-state index in [2.05, 4.69) is 70.6 Å². The van der Waals surface area contributed by atoms with Gasteiger partial charge in [-0.15, -0.1) is 11.3 Å². The average molecular weight is 355 g/mol. The lowest BCUT2D eigenvalue weighted by atomic mass is 10.1.